The van der Waals surface area contributed by atoms with Crippen molar-refractivity contribution in [1.29, 1.82) is 0 Å². The van der Waals surface area contributed by atoms with E-state index in [1.165, 1.54) is 5.41 Å². The number of benzene rings is 1. The number of nitrogens with one attached hydrogen (secondary N) is 1. The molecule has 2 heterocycles. The Hall–Kier alpha value is -2.41. The van der Waals surface area contributed by atoms with Crippen LogP contribution in [0.25, 0.3) is 5.69 Å². The predicted molar refractivity (Wildman–Crippen MR) is 97.3 cm³/mol. The van der Waals surface area contributed by atoms with Crippen LogP contribution in [0.2, 0.25) is 0 Å². The first-order valence-electron chi connectivity index (χ1n) is 8.24. The molecule has 1 aliphatic heterocycles. The number of sulfone groups is 1. The monoisotopic (exact) mass is 359 g/mol. The van der Waals surface area contributed by atoms with Crippen LogP contribution in [-0.4, -0.2) is 29.9 Å². The lowest BCUT2D eigenvalue weighted by Crippen LogP contribution is -2.20. The maximum absolute atomic E-state index is 12.4. The molecule has 7 heteroatoms. The predicted octanol–water partition coefficient (Wildman–Crippen LogP) is 2.63. The van der Waals surface area contributed by atoms with Crippen LogP contribution in [-0.2, 0) is 21.1 Å². The molecule has 1 unspecified atom stereocenters. The van der Waals surface area contributed by atoms with Crippen LogP contribution in [0, 0.1) is 12.8 Å². The number of aromatic nitrogens is 2. The highest BCUT2D eigenvalue weighted by atomic mass is 32.2. The maximum Gasteiger partial charge on any atom is 0.226 e. The molecule has 0 spiro atoms. The van der Waals surface area contributed by atoms with Gasteiger partial charge in [0.15, 0.2) is 9.84 Å². The smallest absolute Gasteiger partial charge is 0.226 e. The van der Waals surface area contributed by atoms with E-state index in [0.717, 1.165) is 23.4 Å². The number of hydrogen-bond acceptors (Lipinski definition) is 4. The Morgan fingerprint density at radius 3 is 2.64 bits per heavy atom. The van der Waals surface area contributed by atoms with Gasteiger partial charge in [-0.1, -0.05) is 31.2 Å². The quantitative estimate of drug-likeness (QED) is 0.890. The van der Waals surface area contributed by atoms with Crippen molar-refractivity contribution in [3.8, 4) is 5.69 Å². The lowest BCUT2D eigenvalue weighted by Gasteiger charge is -2.11. The van der Waals surface area contributed by atoms with E-state index >= 15 is 0 Å². The highest BCUT2D eigenvalue weighted by Gasteiger charge is 2.25. The largest absolute Gasteiger partial charge is 0.310 e. The first-order valence-corrected chi connectivity index (χ1v) is 9.96. The van der Waals surface area contributed by atoms with Crippen molar-refractivity contribution >= 4 is 21.6 Å². The van der Waals surface area contributed by atoms with E-state index in [4.69, 9.17) is 0 Å². The first kappa shape index (κ1) is 17.4. The summed E-state index contributed by atoms with van der Waals surface area (Å²) in [4.78, 5) is 12.4. The van der Waals surface area contributed by atoms with E-state index < -0.39 is 9.84 Å². The highest BCUT2D eigenvalue weighted by molar-refractivity contribution is 7.94. The second kappa shape index (κ2) is 6.84. The summed E-state index contributed by atoms with van der Waals surface area (Å²) in [7, 11) is -3.15. The number of aryl methyl sites for hydroxylation is 1. The average Bonchev–Trinajstić information content (AvgIpc) is 3.08. The summed E-state index contributed by atoms with van der Waals surface area (Å²) in [6.07, 6.45) is 2.49. The fourth-order valence-electron chi connectivity index (χ4n) is 2.97. The number of hydrogen-bond donors (Lipinski definition) is 1. The van der Waals surface area contributed by atoms with Crippen LogP contribution < -0.4 is 5.32 Å². The van der Waals surface area contributed by atoms with Gasteiger partial charge in [-0.15, -0.1) is 0 Å². The Balaban J connectivity index is 1.83. The van der Waals surface area contributed by atoms with E-state index in [1.54, 1.807) is 10.8 Å². The zero-order valence-corrected chi connectivity index (χ0v) is 15.1. The minimum absolute atomic E-state index is 0.00242. The average molecular weight is 359 g/mol. The van der Waals surface area contributed by atoms with Crippen LogP contribution in [0.1, 0.15) is 24.6 Å². The number of para-hydroxylation sites is 1. The molecule has 2 aromatic rings. The lowest BCUT2D eigenvalue weighted by molar-refractivity contribution is -0.116. The Labute approximate surface area is 147 Å². The SMILES string of the molecule is CCc1nn(-c2ccccc2)c(NC(=O)CC2C=CS(=O)(=O)C2)c1C. The molecule has 0 bridgehead atoms. The van der Waals surface area contributed by atoms with E-state index in [9.17, 15) is 13.2 Å². The molecule has 0 fully saturated rings. The minimum atomic E-state index is -3.15. The standard InChI is InChI=1S/C18H21N3O3S/c1-3-16-13(2)18(21(20-16)15-7-5-4-6-8-15)19-17(22)11-14-9-10-25(23,24)12-14/h4-10,14H,3,11-12H2,1-2H3,(H,19,22). The summed E-state index contributed by atoms with van der Waals surface area (Å²) in [5.41, 5.74) is 2.71. The maximum atomic E-state index is 12.4. The van der Waals surface area contributed by atoms with Gasteiger partial charge in [-0.2, -0.15) is 5.10 Å². The van der Waals surface area contributed by atoms with Gasteiger partial charge in [0.1, 0.15) is 5.82 Å². The second-order valence-electron chi connectivity index (χ2n) is 6.19. The Morgan fingerprint density at radius 2 is 2.04 bits per heavy atom. The van der Waals surface area contributed by atoms with Gasteiger partial charge in [0, 0.05) is 23.3 Å². The lowest BCUT2D eigenvalue weighted by atomic mass is 10.1. The van der Waals surface area contributed by atoms with Gasteiger partial charge >= 0.3 is 0 Å². The van der Waals surface area contributed by atoms with Crippen LogP contribution >= 0.6 is 0 Å². The molecular weight excluding hydrogens is 338 g/mol. The third kappa shape index (κ3) is 3.82. The summed E-state index contributed by atoms with van der Waals surface area (Å²) >= 11 is 0. The summed E-state index contributed by atoms with van der Waals surface area (Å²) in [6, 6.07) is 9.60. The zero-order chi connectivity index (χ0) is 18.0. The zero-order valence-electron chi connectivity index (χ0n) is 14.3. The van der Waals surface area contributed by atoms with E-state index in [1.807, 2.05) is 44.2 Å². The van der Waals surface area contributed by atoms with Crippen molar-refractivity contribution in [3.05, 3.63) is 53.1 Å². The second-order valence-corrected chi connectivity index (χ2v) is 8.12. The summed E-state index contributed by atoms with van der Waals surface area (Å²) < 4.78 is 24.7. The van der Waals surface area contributed by atoms with Crippen molar-refractivity contribution in [2.45, 2.75) is 26.7 Å². The number of anilines is 1. The molecule has 1 atom stereocenters. The van der Waals surface area contributed by atoms with Crippen LogP contribution in [0.3, 0.4) is 0 Å². The number of allylic oxidation sites excluding steroid dienone is 1. The fraction of sp³-hybridized carbons (Fsp3) is 0.333. The van der Waals surface area contributed by atoms with Crippen molar-refractivity contribution < 1.29 is 13.2 Å². The Morgan fingerprint density at radius 1 is 1.32 bits per heavy atom. The van der Waals surface area contributed by atoms with Crippen LogP contribution in [0.4, 0.5) is 5.82 Å². The normalized spacial score (nSPS) is 18.4. The fourth-order valence-corrected chi connectivity index (χ4v) is 4.37. The van der Waals surface area contributed by atoms with Crippen molar-refractivity contribution in [2.24, 2.45) is 5.92 Å². The van der Waals surface area contributed by atoms with Crippen LogP contribution in [0.5, 0.6) is 0 Å². The number of amides is 1. The minimum Gasteiger partial charge on any atom is -0.310 e. The van der Waals surface area contributed by atoms with Crippen molar-refractivity contribution in [3.63, 3.8) is 0 Å². The topological polar surface area (TPSA) is 81.1 Å². The number of carbonyl (C=O) groups is 1. The number of rotatable bonds is 5. The third-order valence-electron chi connectivity index (χ3n) is 4.27. The summed E-state index contributed by atoms with van der Waals surface area (Å²) in [5.74, 6) is 0.147. The van der Waals surface area contributed by atoms with Gasteiger partial charge in [-0.3, -0.25) is 4.79 Å². The molecule has 1 aromatic carbocycles. The molecule has 132 valence electrons. The molecule has 1 aromatic heterocycles. The van der Waals surface area contributed by atoms with Gasteiger partial charge in [0.05, 0.1) is 17.1 Å². The molecule has 0 saturated carbocycles. The van der Waals surface area contributed by atoms with Gasteiger partial charge in [-0.25, -0.2) is 13.1 Å². The Bertz CT molecular complexity index is 915. The van der Waals surface area contributed by atoms with E-state index in [-0.39, 0.29) is 24.0 Å². The third-order valence-corrected chi connectivity index (χ3v) is 5.73. The van der Waals surface area contributed by atoms with Crippen molar-refractivity contribution in [2.75, 3.05) is 11.1 Å². The molecule has 0 aliphatic carbocycles. The first-order chi connectivity index (χ1) is 11.9. The molecule has 1 amide bonds. The number of nitrogens with zero attached hydrogens (tertiary/aromatic N) is 2. The van der Waals surface area contributed by atoms with Gasteiger partial charge in [0.25, 0.3) is 0 Å². The molecular formula is C18H21N3O3S. The molecule has 6 nitrogen and oxygen atoms in total. The molecule has 3 rings (SSSR count). The summed E-state index contributed by atoms with van der Waals surface area (Å²) in [5, 5.41) is 8.71. The molecule has 0 saturated heterocycles. The Kier molecular flexibility index (Phi) is 4.76. The van der Waals surface area contributed by atoms with Gasteiger partial charge < -0.3 is 5.32 Å². The van der Waals surface area contributed by atoms with Crippen molar-refractivity contribution in [1.82, 2.24) is 9.78 Å². The van der Waals surface area contributed by atoms with Gasteiger partial charge in [0.2, 0.25) is 5.91 Å². The van der Waals surface area contributed by atoms with E-state index in [2.05, 4.69) is 10.4 Å². The molecule has 0 radical (unpaired) electrons. The van der Waals surface area contributed by atoms with Gasteiger partial charge in [-0.05, 0) is 25.5 Å². The van der Waals surface area contributed by atoms with E-state index in [0.29, 0.717) is 5.82 Å². The summed E-state index contributed by atoms with van der Waals surface area (Å²) in [6.45, 7) is 3.95. The van der Waals surface area contributed by atoms with Crippen LogP contribution in [0.15, 0.2) is 41.8 Å². The molecule has 1 aliphatic rings. The number of carbonyl (C=O) groups excluding carboxylic acids is 1. The molecule has 25 heavy (non-hydrogen) atoms. The highest BCUT2D eigenvalue weighted by Crippen LogP contribution is 2.25. The molecule has 1 N–H and O–H groups in total.